The highest BCUT2D eigenvalue weighted by atomic mass is 127. The molecule has 0 bridgehead atoms. The number of primary amides is 1. The minimum absolute atomic E-state index is 0. The number of carbonyl (C=O) groups excluding carboxylic acids is 2. The molecular formula is C22H35IN6O2. The van der Waals surface area contributed by atoms with Crippen LogP contribution in [-0.4, -0.2) is 66.3 Å². The van der Waals surface area contributed by atoms with E-state index in [0.29, 0.717) is 32.1 Å². The lowest BCUT2D eigenvalue weighted by Gasteiger charge is -2.32. The number of carbonyl (C=O) groups is 2. The van der Waals surface area contributed by atoms with Crippen molar-refractivity contribution in [3.05, 3.63) is 35.4 Å². The molecule has 0 spiro atoms. The summed E-state index contributed by atoms with van der Waals surface area (Å²) in [4.78, 5) is 31.7. The highest BCUT2D eigenvalue weighted by Gasteiger charge is 2.21. The predicted octanol–water partition coefficient (Wildman–Crippen LogP) is 1.43. The molecule has 8 nitrogen and oxygen atoms in total. The van der Waals surface area contributed by atoms with E-state index in [-0.39, 0.29) is 35.8 Å². The van der Waals surface area contributed by atoms with Gasteiger partial charge < -0.3 is 21.3 Å². The van der Waals surface area contributed by atoms with E-state index >= 15 is 0 Å². The van der Waals surface area contributed by atoms with Crippen LogP contribution in [0.4, 0.5) is 0 Å². The number of hydrogen-bond donors (Lipinski definition) is 3. The number of nitrogens with one attached hydrogen (secondary N) is 2. The van der Waals surface area contributed by atoms with Crippen LogP contribution in [0.3, 0.4) is 0 Å². The molecule has 31 heavy (non-hydrogen) atoms. The second-order valence-corrected chi connectivity index (χ2v) is 8.10. The highest BCUT2D eigenvalue weighted by molar-refractivity contribution is 14.0. The third kappa shape index (κ3) is 8.29. The molecule has 0 saturated carbocycles. The first kappa shape index (κ1) is 25.4. The van der Waals surface area contributed by atoms with Gasteiger partial charge in [0, 0.05) is 45.2 Å². The largest absolute Gasteiger partial charge is 0.369 e. The zero-order chi connectivity index (χ0) is 21.3. The van der Waals surface area contributed by atoms with Crippen molar-refractivity contribution in [1.29, 1.82) is 0 Å². The maximum atomic E-state index is 11.9. The van der Waals surface area contributed by atoms with Gasteiger partial charge in [-0.1, -0.05) is 24.3 Å². The van der Waals surface area contributed by atoms with Gasteiger partial charge in [0.25, 0.3) is 0 Å². The Kier molecular flexibility index (Phi) is 10.5. The predicted molar refractivity (Wildman–Crippen MR) is 133 cm³/mol. The van der Waals surface area contributed by atoms with Gasteiger partial charge in [0.2, 0.25) is 11.8 Å². The monoisotopic (exact) mass is 542 g/mol. The zero-order valence-corrected chi connectivity index (χ0v) is 20.6. The molecule has 2 saturated heterocycles. The first-order chi connectivity index (χ1) is 14.5. The van der Waals surface area contributed by atoms with Crippen molar-refractivity contribution in [3.8, 4) is 0 Å². The number of guanidine groups is 1. The molecule has 2 aliphatic heterocycles. The van der Waals surface area contributed by atoms with Gasteiger partial charge in [0.05, 0.1) is 13.1 Å². The van der Waals surface area contributed by atoms with E-state index in [4.69, 9.17) is 10.7 Å². The summed E-state index contributed by atoms with van der Waals surface area (Å²) in [5.41, 5.74) is 7.57. The maximum Gasteiger partial charge on any atom is 0.231 e. The summed E-state index contributed by atoms with van der Waals surface area (Å²) in [5, 5.41) is 6.84. The lowest BCUT2D eigenvalue weighted by atomic mass is 10.1. The third-order valence-corrected chi connectivity index (χ3v) is 5.61. The van der Waals surface area contributed by atoms with Gasteiger partial charge in [-0.3, -0.25) is 14.5 Å². The van der Waals surface area contributed by atoms with Gasteiger partial charge in [-0.15, -0.1) is 24.0 Å². The number of benzene rings is 1. The van der Waals surface area contributed by atoms with E-state index in [1.807, 2.05) is 11.0 Å². The molecule has 172 valence electrons. The molecule has 4 N–H and O–H groups in total. The van der Waals surface area contributed by atoms with Crippen LogP contribution in [0.1, 0.15) is 43.7 Å². The van der Waals surface area contributed by atoms with Gasteiger partial charge >= 0.3 is 0 Å². The molecule has 0 radical (unpaired) electrons. The van der Waals surface area contributed by atoms with Crippen molar-refractivity contribution < 1.29 is 9.59 Å². The molecule has 2 aliphatic rings. The standard InChI is InChI=1S/C22H34N6O2.HI/c1-2-24-22(26-19-8-11-27(12-9-19)16-20(23)29)25-14-17-5-3-6-18(13-17)15-28-10-4-7-21(28)30;/h3,5-6,13,19H,2,4,7-12,14-16H2,1H3,(H2,23,29)(H2,24,25,26);1H. The van der Waals surface area contributed by atoms with Crippen molar-refractivity contribution in [1.82, 2.24) is 20.4 Å². The van der Waals surface area contributed by atoms with Crippen molar-refractivity contribution >= 4 is 41.8 Å². The van der Waals surface area contributed by atoms with E-state index in [0.717, 1.165) is 62.5 Å². The summed E-state index contributed by atoms with van der Waals surface area (Å²) >= 11 is 0. The van der Waals surface area contributed by atoms with Gasteiger partial charge in [-0.2, -0.15) is 0 Å². The maximum absolute atomic E-state index is 11.9. The highest BCUT2D eigenvalue weighted by Crippen LogP contribution is 2.16. The first-order valence-electron chi connectivity index (χ1n) is 10.9. The smallest absolute Gasteiger partial charge is 0.231 e. The Morgan fingerprint density at radius 1 is 1.23 bits per heavy atom. The third-order valence-electron chi connectivity index (χ3n) is 5.61. The number of amides is 2. The van der Waals surface area contributed by atoms with E-state index in [1.54, 1.807) is 0 Å². The molecule has 2 fully saturated rings. The molecule has 2 heterocycles. The lowest BCUT2D eigenvalue weighted by molar-refractivity contribution is -0.128. The Balaban J connectivity index is 0.00000341. The average Bonchev–Trinajstić information content (AvgIpc) is 3.12. The molecule has 0 aromatic heterocycles. The fourth-order valence-electron chi connectivity index (χ4n) is 4.06. The quantitative estimate of drug-likeness (QED) is 0.262. The second-order valence-electron chi connectivity index (χ2n) is 8.10. The van der Waals surface area contributed by atoms with Gasteiger partial charge in [0.1, 0.15) is 0 Å². The summed E-state index contributed by atoms with van der Waals surface area (Å²) in [5.74, 6) is 0.789. The molecule has 0 atom stereocenters. The van der Waals surface area contributed by atoms with Gasteiger partial charge in [-0.25, -0.2) is 4.99 Å². The van der Waals surface area contributed by atoms with Crippen LogP contribution in [0.15, 0.2) is 29.3 Å². The molecule has 1 aromatic rings. The Hall–Kier alpha value is -1.88. The van der Waals surface area contributed by atoms with Crippen LogP contribution in [-0.2, 0) is 22.7 Å². The number of halogens is 1. The minimum atomic E-state index is -0.271. The molecule has 2 amide bonds. The summed E-state index contributed by atoms with van der Waals surface area (Å²) in [6.07, 6.45) is 3.54. The summed E-state index contributed by atoms with van der Waals surface area (Å²) in [7, 11) is 0. The van der Waals surface area contributed by atoms with Crippen LogP contribution >= 0.6 is 24.0 Å². The number of rotatable bonds is 8. The van der Waals surface area contributed by atoms with Crippen molar-refractivity contribution in [2.24, 2.45) is 10.7 Å². The van der Waals surface area contributed by atoms with E-state index < -0.39 is 0 Å². The normalized spacial score (nSPS) is 18.0. The zero-order valence-electron chi connectivity index (χ0n) is 18.3. The first-order valence-corrected chi connectivity index (χ1v) is 10.9. The van der Waals surface area contributed by atoms with Crippen LogP contribution in [0, 0.1) is 0 Å². The SMILES string of the molecule is CCNC(=NCc1cccc(CN2CCCC2=O)c1)NC1CCN(CC(N)=O)CC1.I. The fourth-order valence-corrected chi connectivity index (χ4v) is 4.06. The molecule has 9 heteroatoms. The van der Waals surface area contributed by atoms with Crippen molar-refractivity contribution in [3.63, 3.8) is 0 Å². The van der Waals surface area contributed by atoms with Gasteiger partial charge in [0.15, 0.2) is 5.96 Å². The van der Waals surface area contributed by atoms with Crippen molar-refractivity contribution in [2.45, 2.75) is 51.7 Å². The molecule has 3 rings (SSSR count). The lowest BCUT2D eigenvalue weighted by Crippen LogP contribution is -2.49. The average molecular weight is 542 g/mol. The molecular weight excluding hydrogens is 507 g/mol. The Bertz CT molecular complexity index is 764. The topological polar surface area (TPSA) is 103 Å². The summed E-state index contributed by atoms with van der Waals surface area (Å²) < 4.78 is 0. The second kappa shape index (κ2) is 12.8. The number of aliphatic imine (C=N–C) groups is 1. The van der Waals surface area contributed by atoms with Crippen LogP contribution < -0.4 is 16.4 Å². The fraction of sp³-hybridized carbons (Fsp3) is 0.591. The van der Waals surface area contributed by atoms with E-state index in [1.165, 1.54) is 0 Å². The Morgan fingerprint density at radius 3 is 2.61 bits per heavy atom. The number of hydrogen-bond acceptors (Lipinski definition) is 4. The Labute approximate surface area is 202 Å². The number of nitrogens with two attached hydrogens (primary N) is 1. The molecule has 0 aliphatic carbocycles. The number of piperidine rings is 1. The van der Waals surface area contributed by atoms with Crippen LogP contribution in [0.25, 0.3) is 0 Å². The van der Waals surface area contributed by atoms with Gasteiger partial charge in [-0.05, 0) is 37.3 Å². The van der Waals surface area contributed by atoms with E-state index in [2.05, 4.69) is 40.7 Å². The van der Waals surface area contributed by atoms with Crippen molar-refractivity contribution in [2.75, 3.05) is 32.7 Å². The minimum Gasteiger partial charge on any atom is -0.369 e. The summed E-state index contributed by atoms with van der Waals surface area (Å²) in [6.45, 7) is 7.02. The van der Waals surface area contributed by atoms with Crippen LogP contribution in [0.2, 0.25) is 0 Å². The molecule has 1 aromatic carbocycles. The number of nitrogens with zero attached hydrogens (tertiary/aromatic N) is 3. The molecule has 0 unspecified atom stereocenters. The van der Waals surface area contributed by atoms with E-state index in [9.17, 15) is 9.59 Å². The summed E-state index contributed by atoms with van der Waals surface area (Å²) in [6, 6.07) is 8.66. The van der Waals surface area contributed by atoms with Crippen LogP contribution in [0.5, 0.6) is 0 Å². The number of likely N-dealkylation sites (tertiary alicyclic amines) is 2. The Morgan fingerprint density at radius 2 is 1.97 bits per heavy atom.